The number of rotatable bonds is 10. The minimum atomic E-state index is -1.24. The lowest BCUT2D eigenvalue weighted by atomic mass is 10.1. The van der Waals surface area contributed by atoms with E-state index in [1.54, 1.807) is 42.8 Å². The van der Waals surface area contributed by atoms with Crippen LogP contribution in [0.25, 0.3) is 16.9 Å². The number of aromatic nitrogens is 5. The Morgan fingerprint density at radius 1 is 1.04 bits per heavy atom. The minimum Gasteiger partial charge on any atom is -0.384 e. The van der Waals surface area contributed by atoms with Crippen LogP contribution in [0.1, 0.15) is 41.0 Å². The number of amides is 4. The first-order valence-electron chi connectivity index (χ1n) is 16.7. The molecule has 0 unspecified atom stereocenters. The summed E-state index contributed by atoms with van der Waals surface area (Å²) in [6.45, 7) is 9.43. The number of imide groups is 1. The molecule has 0 radical (unpaired) electrons. The fraction of sp³-hybridized carbons (Fsp3) is 0.270. The zero-order chi connectivity index (χ0) is 38.0. The highest BCUT2D eigenvalue weighted by Crippen LogP contribution is 2.26. The molecule has 274 valence electrons. The molecule has 2 N–H and O–H groups in total. The van der Waals surface area contributed by atoms with Gasteiger partial charge >= 0.3 is 6.03 Å². The van der Waals surface area contributed by atoms with Crippen molar-refractivity contribution in [3.05, 3.63) is 118 Å². The van der Waals surface area contributed by atoms with Gasteiger partial charge in [0.05, 0.1) is 30.0 Å². The lowest BCUT2D eigenvalue weighted by Gasteiger charge is -2.34. The summed E-state index contributed by atoms with van der Waals surface area (Å²) in [5.74, 6) is -1.21. The van der Waals surface area contributed by atoms with E-state index in [9.17, 15) is 28.7 Å². The summed E-state index contributed by atoms with van der Waals surface area (Å²) in [7, 11) is 0. The second kappa shape index (κ2) is 14.7. The highest BCUT2D eigenvalue weighted by atomic mass is 19.1. The first-order chi connectivity index (χ1) is 25.3. The predicted octanol–water partition coefficient (Wildman–Crippen LogP) is 3.81. The zero-order valence-electron chi connectivity index (χ0n) is 29.3. The number of halogens is 2. The summed E-state index contributed by atoms with van der Waals surface area (Å²) in [6.07, 6.45) is 3.22. The van der Waals surface area contributed by atoms with Crippen molar-refractivity contribution in [3.8, 4) is 5.82 Å². The molecule has 0 saturated carbocycles. The average Bonchev–Trinajstić information content (AvgIpc) is 3.42. The first kappa shape index (κ1) is 36.5. The van der Waals surface area contributed by atoms with Crippen LogP contribution >= 0.6 is 0 Å². The molecule has 1 fully saturated rings. The molecule has 4 amide bonds. The van der Waals surface area contributed by atoms with E-state index in [2.05, 4.69) is 21.9 Å². The molecule has 1 aliphatic heterocycles. The highest BCUT2D eigenvalue weighted by Gasteiger charge is 2.28. The Labute approximate surface area is 302 Å². The Morgan fingerprint density at radius 2 is 1.77 bits per heavy atom. The highest BCUT2D eigenvalue weighted by molar-refractivity contribution is 5.98. The number of urea groups is 1. The third kappa shape index (κ3) is 7.26. The van der Waals surface area contributed by atoms with Gasteiger partial charge in [-0.25, -0.2) is 32.9 Å². The summed E-state index contributed by atoms with van der Waals surface area (Å²) < 4.78 is 32.5. The molecule has 5 aromatic rings. The Morgan fingerprint density at radius 3 is 2.47 bits per heavy atom. The van der Waals surface area contributed by atoms with Gasteiger partial charge in [0.1, 0.15) is 22.6 Å². The Balaban J connectivity index is 1.23. The van der Waals surface area contributed by atoms with Gasteiger partial charge in [0.25, 0.3) is 11.5 Å². The smallest absolute Gasteiger partial charge is 0.328 e. The fourth-order valence-corrected chi connectivity index (χ4v) is 6.15. The van der Waals surface area contributed by atoms with Gasteiger partial charge in [0, 0.05) is 37.9 Å². The number of piperazine rings is 1. The van der Waals surface area contributed by atoms with Crippen LogP contribution in [0.3, 0.4) is 0 Å². The average molecular weight is 726 g/mol. The van der Waals surface area contributed by atoms with Crippen LogP contribution in [-0.2, 0) is 23.5 Å². The van der Waals surface area contributed by atoms with E-state index >= 15 is 4.39 Å². The Kier molecular flexibility index (Phi) is 10.2. The van der Waals surface area contributed by atoms with Gasteiger partial charge in [-0.2, -0.15) is 4.98 Å². The van der Waals surface area contributed by atoms with Gasteiger partial charge in [-0.05, 0) is 62.7 Å². The molecule has 1 saturated heterocycles. The molecular formula is C37H37F2N9O5. The summed E-state index contributed by atoms with van der Waals surface area (Å²) in [5.41, 5.74) is -0.364. The molecule has 0 aliphatic carbocycles. The molecule has 3 aromatic heterocycles. The predicted molar refractivity (Wildman–Crippen MR) is 193 cm³/mol. The van der Waals surface area contributed by atoms with Gasteiger partial charge in [-0.3, -0.25) is 24.6 Å². The van der Waals surface area contributed by atoms with Crippen molar-refractivity contribution in [2.45, 2.75) is 39.5 Å². The molecular weight excluding hydrogens is 688 g/mol. The lowest BCUT2D eigenvalue weighted by Crippen LogP contribution is -2.49. The molecule has 0 atom stereocenters. The van der Waals surface area contributed by atoms with Crippen LogP contribution in [0.5, 0.6) is 0 Å². The number of fused-ring (bicyclic) bond motifs is 1. The number of allylic oxidation sites excluding steroid dienone is 1. The number of pyridine rings is 1. The van der Waals surface area contributed by atoms with E-state index in [1.807, 2.05) is 4.90 Å². The van der Waals surface area contributed by atoms with Crippen molar-refractivity contribution in [3.63, 3.8) is 0 Å². The Hall–Kier alpha value is -6.29. The van der Waals surface area contributed by atoms with E-state index in [0.29, 0.717) is 41.8 Å². The standard InChI is InChI=1S/C37H37F2N9O5/c1-5-14-47-34(51)26-20-40-35(43-32(26)48(47)31-11-7-10-30(42-31)37(3,4)53)45-17-15-44(16-18-45)33(50)25-19-24(12-13-28(25)39)21-46(36(52)41-22-49)29-9-6-8-27(38)23(29)2/h5-13,19-20,22,53H,1,14-18,21H2,2-4H3,(H,41,49,52). The number of carbonyl (C=O) groups is 3. The van der Waals surface area contributed by atoms with Crippen LogP contribution in [-0.4, -0.2) is 78.8 Å². The van der Waals surface area contributed by atoms with Crippen LogP contribution < -0.4 is 20.7 Å². The summed E-state index contributed by atoms with van der Waals surface area (Å²) in [6, 6.07) is 12.3. The van der Waals surface area contributed by atoms with Crippen molar-refractivity contribution in [1.29, 1.82) is 0 Å². The maximum Gasteiger partial charge on any atom is 0.328 e. The topological polar surface area (TPSA) is 159 Å². The van der Waals surface area contributed by atoms with Crippen molar-refractivity contribution >= 4 is 41.0 Å². The lowest BCUT2D eigenvalue weighted by molar-refractivity contribution is -0.108. The quantitative estimate of drug-likeness (QED) is 0.161. The van der Waals surface area contributed by atoms with E-state index < -0.39 is 29.2 Å². The molecule has 0 spiro atoms. The monoisotopic (exact) mass is 725 g/mol. The van der Waals surface area contributed by atoms with Crippen molar-refractivity contribution in [2.75, 3.05) is 36.0 Å². The molecule has 6 rings (SSSR count). The molecule has 2 aromatic carbocycles. The van der Waals surface area contributed by atoms with Gasteiger partial charge in [-0.15, -0.1) is 6.58 Å². The van der Waals surface area contributed by atoms with E-state index in [1.165, 1.54) is 53.0 Å². The molecule has 53 heavy (non-hydrogen) atoms. The molecule has 16 heteroatoms. The second-order valence-electron chi connectivity index (χ2n) is 13.0. The van der Waals surface area contributed by atoms with Gasteiger partial charge in [0.2, 0.25) is 12.4 Å². The van der Waals surface area contributed by atoms with Crippen LogP contribution in [0.2, 0.25) is 0 Å². The number of hydrogen-bond acceptors (Lipinski definition) is 9. The number of anilines is 2. The summed E-state index contributed by atoms with van der Waals surface area (Å²) in [5, 5.41) is 12.9. The van der Waals surface area contributed by atoms with E-state index in [-0.39, 0.29) is 60.3 Å². The van der Waals surface area contributed by atoms with Crippen LogP contribution in [0.4, 0.5) is 25.2 Å². The first-order valence-corrected chi connectivity index (χ1v) is 16.7. The van der Waals surface area contributed by atoms with Crippen LogP contribution in [0, 0.1) is 18.6 Å². The van der Waals surface area contributed by atoms with Gasteiger partial charge in [-0.1, -0.05) is 24.3 Å². The summed E-state index contributed by atoms with van der Waals surface area (Å²) >= 11 is 0. The zero-order valence-corrected chi connectivity index (χ0v) is 29.3. The van der Waals surface area contributed by atoms with Crippen molar-refractivity contribution in [1.82, 2.24) is 34.5 Å². The number of benzene rings is 2. The van der Waals surface area contributed by atoms with E-state index in [0.717, 1.165) is 11.0 Å². The maximum atomic E-state index is 15.2. The SMILES string of the molecule is C=CCn1c(=O)c2cnc(N3CCN(C(=O)c4cc(CN(C(=O)NC=O)c5cccc(F)c5C)ccc4F)CC3)nc2n1-c1cccc(C(C)(C)O)n1. The Bertz CT molecular complexity index is 2290. The molecule has 14 nitrogen and oxygen atoms in total. The number of carbonyl (C=O) groups excluding carboxylic acids is 3. The molecule has 0 bridgehead atoms. The number of nitrogens with one attached hydrogen (secondary N) is 1. The second-order valence-corrected chi connectivity index (χ2v) is 13.0. The van der Waals surface area contributed by atoms with E-state index in [4.69, 9.17) is 4.98 Å². The maximum absolute atomic E-state index is 15.2. The minimum absolute atomic E-state index is 0.159. The third-order valence-electron chi connectivity index (χ3n) is 8.95. The third-order valence-corrected chi connectivity index (χ3v) is 8.95. The fourth-order valence-electron chi connectivity index (χ4n) is 6.15. The summed E-state index contributed by atoms with van der Waals surface area (Å²) in [4.78, 5) is 69.2. The largest absolute Gasteiger partial charge is 0.384 e. The van der Waals surface area contributed by atoms with Crippen LogP contribution in [0.15, 0.2) is 78.2 Å². The molecule has 1 aliphatic rings. The molecule has 4 heterocycles. The van der Waals surface area contributed by atoms with Gasteiger partial charge < -0.3 is 14.9 Å². The number of hydrogen-bond donors (Lipinski definition) is 2. The van der Waals surface area contributed by atoms with Gasteiger partial charge in [0.15, 0.2) is 11.5 Å². The normalized spacial score (nSPS) is 13.2. The number of aliphatic hydroxyl groups is 1. The van der Waals surface area contributed by atoms with Crippen molar-refractivity contribution in [2.24, 2.45) is 0 Å². The van der Waals surface area contributed by atoms with Crippen molar-refractivity contribution < 1.29 is 28.3 Å². The number of nitrogens with zero attached hydrogens (tertiary/aromatic N) is 8.